The maximum absolute atomic E-state index is 5.90. The largest absolute Gasteiger partial charge is 0.362 e. The predicted octanol–water partition coefficient (Wildman–Crippen LogP) is 5.09. The average molecular weight is 260 g/mol. The zero-order valence-corrected chi connectivity index (χ0v) is 13.1. The Labute approximate surface area is 108 Å². The molecule has 1 heterocycles. The number of hydrogen-bond donors (Lipinski definition) is 0. The van der Waals surface area contributed by atoms with E-state index in [4.69, 9.17) is 4.74 Å². The molecular weight excluding hydrogens is 236 g/mol. The van der Waals surface area contributed by atoms with Crippen molar-refractivity contribution in [1.29, 1.82) is 0 Å². The van der Waals surface area contributed by atoms with Gasteiger partial charge < -0.3 is 4.74 Å². The van der Waals surface area contributed by atoms with Crippen molar-refractivity contribution in [3.8, 4) is 0 Å². The molecule has 0 aliphatic carbocycles. The summed E-state index contributed by atoms with van der Waals surface area (Å²) in [5.74, 6) is 0. The lowest BCUT2D eigenvalue weighted by Crippen LogP contribution is -2.42. The van der Waals surface area contributed by atoms with Crippen molar-refractivity contribution < 1.29 is 4.74 Å². The van der Waals surface area contributed by atoms with E-state index in [0.717, 1.165) is 6.42 Å². The van der Waals surface area contributed by atoms with Gasteiger partial charge in [-0.2, -0.15) is 0 Å². The molecule has 0 N–H and O–H groups in total. The molecule has 1 nitrogen and oxygen atoms in total. The smallest absolute Gasteiger partial charge is 0.150 e. The molecule has 0 aromatic heterocycles. The summed E-state index contributed by atoms with van der Waals surface area (Å²) >= 11 is 0. The van der Waals surface area contributed by atoms with Crippen molar-refractivity contribution in [1.82, 2.24) is 0 Å². The Balaban J connectivity index is 3.00. The highest BCUT2D eigenvalue weighted by Gasteiger charge is 2.49. The monoisotopic (exact) mass is 260 g/mol. The number of hydrogen-bond acceptors (Lipinski definition) is 3. The van der Waals surface area contributed by atoms with Gasteiger partial charge in [0.15, 0.2) is 4.93 Å². The van der Waals surface area contributed by atoms with E-state index in [2.05, 4.69) is 47.0 Å². The second-order valence-corrected chi connectivity index (χ2v) is 8.88. The Morgan fingerprint density at radius 3 is 2.12 bits per heavy atom. The Hall–Kier alpha value is 0.400. The summed E-state index contributed by atoms with van der Waals surface area (Å²) in [6.07, 6.45) is 1.10. The lowest BCUT2D eigenvalue weighted by Gasteiger charge is -2.42. The SMILES string of the molecule is COC1(C(C)(C)C)SSC=C1CC(C)(C)C. The molecule has 0 aromatic rings. The van der Waals surface area contributed by atoms with Crippen LogP contribution >= 0.6 is 21.6 Å². The van der Waals surface area contributed by atoms with Gasteiger partial charge in [-0.1, -0.05) is 52.3 Å². The van der Waals surface area contributed by atoms with Crippen LogP contribution in [0.1, 0.15) is 48.0 Å². The highest BCUT2D eigenvalue weighted by Crippen LogP contribution is 2.60. The molecule has 0 radical (unpaired) electrons. The third kappa shape index (κ3) is 2.80. The van der Waals surface area contributed by atoms with Gasteiger partial charge in [-0.15, -0.1) is 0 Å². The van der Waals surface area contributed by atoms with Crippen molar-refractivity contribution in [2.24, 2.45) is 10.8 Å². The van der Waals surface area contributed by atoms with E-state index in [1.807, 2.05) is 28.7 Å². The Kier molecular flexibility index (Phi) is 4.14. The maximum Gasteiger partial charge on any atom is 0.150 e. The highest BCUT2D eigenvalue weighted by molar-refractivity contribution is 8.78. The normalized spacial score (nSPS) is 27.1. The van der Waals surface area contributed by atoms with E-state index in [1.54, 1.807) is 0 Å². The second-order valence-electron chi connectivity index (χ2n) is 6.63. The molecule has 0 bridgehead atoms. The van der Waals surface area contributed by atoms with Gasteiger partial charge in [0.25, 0.3) is 0 Å². The third-order valence-corrected chi connectivity index (χ3v) is 5.81. The molecular formula is C13H24OS2. The van der Waals surface area contributed by atoms with Crippen LogP contribution in [0.15, 0.2) is 11.0 Å². The van der Waals surface area contributed by atoms with Crippen LogP contribution in [0.3, 0.4) is 0 Å². The third-order valence-electron chi connectivity index (χ3n) is 2.77. The van der Waals surface area contributed by atoms with Crippen LogP contribution in [0.4, 0.5) is 0 Å². The average Bonchev–Trinajstić information content (AvgIpc) is 2.44. The van der Waals surface area contributed by atoms with Crippen molar-refractivity contribution >= 4 is 21.6 Å². The van der Waals surface area contributed by atoms with Crippen molar-refractivity contribution in [3.05, 3.63) is 11.0 Å². The van der Waals surface area contributed by atoms with E-state index in [-0.39, 0.29) is 10.3 Å². The first-order valence-corrected chi connectivity index (χ1v) is 7.93. The van der Waals surface area contributed by atoms with E-state index in [0.29, 0.717) is 5.41 Å². The first-order valence-electron chi connectivity index (χ1n) is 5.71. The van der Waals surface area contributed by atoms with E-state index >= 15 is 0 Å². The Morgan fingerprint density at radius 2 is 1.75 bits per heavy atom. The molecule has 0 saturated carbocycles. The molecule has 0 saturated heterocycles. The molecule has 94 valence electrons. The summed E-state index contributed by atoms with van der Waals surface area (Å²) < 4.78 is 5.90. The van der Waals surface area contributed by atoms with Crippen molar-refractivity contribution in [3.63, 3.8) is 0 Å². The van der Waals surface area contributed by atoms with E-state index < -0.39 is 0 Å². The summed E-state index contributed by atoms with van der Waals surface area (Å²) in [6, 6.07) is 0. The minimum absolute atomic E-state index is 0.118. The van der Waals surface area contributed by atoms with Gasteiger partial charge in [0.2, 0.25) is 0 Å². The summed E-state index contributed by atoms with van der Waals surface area (Å²) in [4.78, 5) is -0.162. The minimum Gasteiger partial charge on any atom is -0.362 e. The standard InChI is InChI=1S/C13H24OS2/c1-11(2,3)8-10-9-15-16-13(10,14-7)12(4,5)6/h9H,8H2,1-7H3. The lowest BCUT2D eigenvalue weighted by atomic mass is 9.78. The molecule has 1 aliphatic rings. The molecule has 1 rings (SSSR count). The number of rotatable bonds is 2. The first kappa shape index (κ1) is 14.5. The van der Waals surface area contributed by atoms with Crippen LogP contribution in [0.5, 0.6) is 0 Å². The summed E-state index contributed by atoms with van der Waals surface area (Å²) in [5.41, 5.74) is 1.87. The van der Waals surface area contributed by atoms with Gasteiger partial charge in [0, 0.05) is 12.5 Å². The molecule has 0 spiro atoms. The van der Waals surface area contributed by atoms with Crippen LogP contribution in [-0.4, -0.2) is 12.0 Å². The molecule has 3 heteroatoms. The van der Waals surface area contributed by atoms with E-state index in [9.17, 15) is 0 Å². The van der Waals surface area contributed by atoms with Crippen LogP contribution < -0.4 is 0 Å². The molecule has 1 aliphatic heterocycles. The fourth-order valence-electron chi connectivity index (χ4n) is 2.09. The molecule has 1 unspecified atom stereocenters. The van der Waals surface area contributed by atoms with Gasteiger partial charge in [0.1, 0.15) is 0 Å². The fourth-order valence-corrected chi connectivity index (χ4v) is 5.44. The van der Waals surface area contributed by atoms with Crippen molar-refractivity contribution in [2.75, 3.05) is 7.11 Å². The van der Waals surface area contributed by atoms with Crippen LogP contribution in [0, 0.1) is 10.8 Å². The number of methoxy groups -OCH3 is 1. The quantitative estimate of drug-likeness (QED) is 0.640. The summed E-state index contributed by atoms with van der Waals surface area (Å²) in [6.45, 7) is 13.6. The summed E-state index contributed by atoms with van der Waals surface area (Å²) in [7, 11) is 5.49. The molecule has 0 aromatic carbocycles. The first-order chi connectivity index (χ1) is 7.12. The van der Waals surface area contributed by atoms with Crippen molar-refractivity contribution in [2.45, 2.75) is 52.9 Å². The van der Waals surface area contributed by atoms with Crippen LogP contribution in [-0.2, 0) is 4.74 Å². The molecule has 1 atom stereocenters. The number of ether oxygens (including phenoxy) is 1. The molecule has 0 amide bonds. The topological polar surface area (TPSA) is 9.23 Å². The lowest BCUT2D eigenvalue weighted by molar-refractivity contribution is 0.0108. The predicted molar refractivity (Wildman–Crippen MR) is 76.5 cm³/mol. The molecule has 0 fully saturated rings. The summed E-state index contributed by atoms with van der Waals surface area (Å²) in [5, 5.41) is 2.28. The van der Waals surface area contributed by atoms with Gasteiger partial charge in [-0.25, -0.2) is 0 Å². The van der Waals surface area contributed by atoms with Gasteiger partial charge in [-0.3, -0.25) is 0 Å². The van der Waals surface area contributed by atoms with E-state index in [1.165, 1.54) is 5.57 Å². The Morgan fingerprint density at radius 1 is 1.19 bits per heavy atom. The fraction of sp³-hybridized carbons (Fsp3) is 0.846. The van der Waals surface area contributed by atoms with Gasteiger partial charge >= 0.3 is 0 Å². The second kappa shape index (κ2) is 4.58. The van der Waals surface area contributed by atoms with Gasteiger partial charge in [-0.05, 0) is 33.6 Å². The zero-order valence-electron chi connectivity index (χ0n) is 11.5. The minimum atomic E-state index is -0.162. The Bertz CT molecular complexity index is 283. The van der Waals surface area contributed by atoms with Crippen LogP contribution in [0.2, 0.25) is 0 Å². The highest BCUT2D eigenvalue weighted by atomic mass is 33.1. The van der Waals surface area contributed by atoms with Crippen LogP contribution in [0.25, 0.3) is 0 Å². The maximum atomic E-state index is 5.90. The van der Waals surface area contributed by atoms with Gasteiger partial charge in [0.05, 0.1) is 0 Å². The molecule has 16 heavy (non-hydrogen) atoms. The zero-order chi connectivity index (χ0) is 12.6.